The van der Waals surface area contributed by atoms with Crippen LogP contribution in [0.2, 0.25) is 0 Å². The highest BCUT2D eigenvalue weighted by Gasteiger charge is 2.17. The highest BCUT2D eigenvalue weighted by atomic mass is 16.5. The van der Waals surface area contributed by atoms with Crippen LogP contribution >= 0.6 is 0 Å². The molecule has 1 aliphatic heterocycles. The van der Waals surface area contributed by atoms with Crippen molar-refractivity contribution in [3.05, 3.63) is 54.1 Å². The van der Waals surface area contributed by atoms with Crippen molar-refractivity contribution in [2.45, 2.75) is 32.8 Å². The first-order chi connectivity index (χ1) is 15.1. The third kappa shape index (κ3) is 6.46. The van der Waals surface area contributed by atoms with E-state index in [-0.39, 0.29) is 24.5 Å². The van der Waals surface area contributed by atoms with Crippen LogP contribution in [-0.4, -0.2) is 55.7 Å². The van der Waals surface area contributed by atoms with E-state index >= 15 is 0 Å². The van der Waals surface area contributed by atoms with E-state index in [0.717, 1.165) is 25.1 Å². The van der Waals surface area contributed by atoms with Crippen molar-refractivity contribution in [3.8, 4) is 5.75 Å². The first-order valence-corrected chi connectivity index (χ1v) is 10.9. The standard InChI is InChI=1S/C24H31N3O4/c1-3-27(4-2)24(29)18-11-13-19(14-12-18)26-23(28)16-25-21-9-5-6-10-22(21)31-17-20-8-7-15-30-20/h5-6,9-14,20,25H,3-4,7-8,15-17H2,1-2H3,(H,26,28). The summed E-state index contributed by atoms with van der Waals surface area (Å²) in [5, 5.41) is 5.97. The Balaban J connectivity index is 1.50. The highest BCUT2D eigenvalue weighted by molar-refractivity contribution is 5.96. The van der Waals surface area contributed by atoms with E-state index in [1.165, 1.54) is 0 Å². The minimum Gasteiger partial charge on any atom is -0.489 e. The van der Waals surface area contributed by atoms with Gasteiger partial charge in [0, 0.05) is 30.9 Å². The van der Waals surface area contributed by atoms with Crippen LogP contribution in [0.25, 0.3) is 0 Å². The van der Waals surface area contributed by atoms with Crippen molar-refractivity contribution in [1.29, 1.82) is 0 Å². The van der Waals surface area contributed by atoms with Crippen LogP contribution in [-0.2, 0) is 9.53 Å². The molecule has 0 radical (unpaired) electrons. The van der Waals surface area contributed by atoms with Gasteiger partial charge in [-0.1, -0.05) is 12.1 Å². The topological polar surface area (TPSA) is 79.9 Å². The summed E-state index contributed by atoms with van der Waals surface area (Å²) in [6.45, 7) is 6.63. The van der Waals surface area contributed by atoms with Crippen LogP contribution in [0.4, 0.5) is 11.4 Å². The molecule has 2 aromatic carbocycles. The molecule has 0 saturated carbocycles. The number of hydrogen-bond donors (Lipinski definition) is 2. The molecule has 7 heteroatoms. The van der Waals surface area contributed by atoms with E-state index < -0.39 is 0 Å². The lowest BCUT2D eigenvalue weighted by Crippen LogP contribution is -2.30. The van der Waals surface area contributed by atoms with Crippen LogP contribution < -0.4 is 15.4 Å². The molecule has 2 N–H and O–H groups in total. The van der Waals surface area contributed by atoms with Gasteiger partial charge in [0.2, 0.25) is 5.91 Å². The number of rotatable bonds is 10. The van der Waals surface area contributed by atoms with Gasteiger partial charge >= 0.3 is 0 Å². The first kappa shape index (κ1) is 22.6. The van der Waals surface area contributed by atoms with Gasteiger partial charge in [0.15, 0.2) is 0 Å². The van der Waals surface area contributed by atoms with Gasteiger partial charge in [-0.15, -0.1) is 0 Å². The lowest BCUT2D eigenvalue weighted by Gasteiger charge is -2.18. The Bertz CT molecular complexity index is 859. The molecule has 0 spiro atoms. The van der Waals surface area contributed by atoms with E-state index in [2.05, 4.69) is 10.6 Å². The third-order valence-electron chi connectivity index (χ3n) is 5.24. The van der Waals surface area contributed by atoms with Gasteiger partial charge in [-0.05, 0) is 63.1 Å². The van der Waals surface area contributed by atoms with Gasteiger partial charge in [0.25, 0.3) is 5.91 Å². The summed E-state index contributed by atoms with van der Waals surface area (Å²) >= 11 is 0. The molecule has 1 heterocycles. The maximum Gasteiger partial charge on any atom is 0.253 e. The second-order valence-electron chi connectivity index (χ2n) is 7.40. The molecule has 1 atom stereocenters. The number of ether oxygens (including phenoxy) is 2. The zero-order valence-corrected chi connectivity index (χ0v) is 18.2. The van der Waals surface area contributed by atoms with Crippen LogP contribution in [0, 0.1) is 0 Å². The molecule has 2 amide bonds. The van der Waals surface area contributed by atoms with Crippen LogP contribution in [0.3, 0.4) is 0 Å². The Morgan fingerprint density at radius 3 is 2.52 bits per heavy atom. The van der Waals surface area contributed by atoms with E-state index in [0.29, 0.717) is 36.7 Å². The molecular weight excluding hydrogens is 394 g/mol. The van der Waals surface area contributed by atoms with Crippen molar-refractivity contribution >= 4 is 23.2 Å². The summed E-state index contributed by atoms with van der Waals surface area (Å²) in [7, 11) is 0. The summed E-state index contributed by atoms with van der Waals surface area (Å²) in [5.74, 6) is 0.506. The minimum absolute atomic E-state index is 0.0100. The molecule has 1 unspecified atom stereocenters. The van der Waals surface area contributed by atoms with Crippen LogP contribution in [0.1, 0.15) is 37.0 Å². The Hall–Kier alpha value is -3.06. The van der Waals surface area contributed by atoms with Crippen molar-refractivity contribution < 1.29 is 19.1 Å². The largest absolute Gasteiger partial charge is 0.489 e. The molecule has 1 aliphatic rings. The third-order valence-corrected chi connectivity index (χ3v) is 5.24. The summed E-state index contributed by atoms with van der Waals surface area (Å²) in [6.07, 6.45) is 2.21. The normalized spacial score (nSPS) is 15.4. The van der Waals surface area contributed by atoms with Crippen LogP contribution in [0.5, 0.6) is 5.75 Å². The lowest BCUT2D eigenvalue weighted by molar-refractivity contribution is -0.114. The Kier molecular flexibility index (Phi) is 8.29. The summed E-state index contributed by atoms with van der Waals surface area (Å²) in [5.41, 5.74) is 2.01. The number of nitrogens with zero attached hydrogens (tertiary/aromatic N) is 1. The summed E-state index contributed by atoms with van der Waals surface area (Å²) < 4.78 is 11.5. The number of hydrogen-bond acceptors (Lipinski definition) is 5. The van der Waals surface area contributed by atoms with E-state index in [1.807, 2.05) is 38.1 Å². The number of benzene rings is 2. The van der Waals surface area contributed by atoms with Gasteiger partial charge in [-0.25, -0.2) is 0 Å². The van der Waals surface area contributed by atoms with Gasteiger partial charge in [0.05, 0.1) is 18.3 Å². The number of anilines is 2. The average molecular weight is 426 g/mol. The van der Waals surface area contributed by atoms with Crippen molar-refractivity contribution in [1.82, 2.24) is 4.90 Å². The molecule has 3 rings (SSSR count). The summed E-state index contributed by atoms with van der Waals surface area (Å²) in [4.78, 5) is 26.5. The molecule has 0 bridgehead atoms. The Morgan fingerprint density at radius 1 is 1.10 bits per heavy atom. The molecule has 1 fully saturated rings. The number of amides is 2. The molecule has 0 aliphatic carbocycles. The predicted molar refractivity (Wildman–Crippen MR) is 122 cm³/mol. The zero-order chi connectivity index (χ0) is 22.1. The van der Waals surface area contributed by atoms with Crippen LogP contribution in [0.15, 0.2) is 48.5 Å². The Morgan fingerprint density at radius 2 is 1.84 bits per heavy atom. The van der Waals surface area contributed by atoms with E-state index in [4.69, 9.17) is 9.47 Å². The molecular formula is C24H31N3O4. The number of nitrogens with one attached hydrogen (secondary N) is 2. The monoisotopic (exact) mass is 425 g/mol. The molecule has 31 heavy (non-hydrogen) atoms. The fourth-order valence-electron chi connectivity index (χ4n) is 3.47. The van der Waals surface area contributed by atoms with Crippen molar-refractivity contribution in [3.63, 3.8) is 0 Å². The van der Waals surface area contributed by atoms with E-state index in [1.54, 1.807) is 29.2 Å². The van der Waals surface area contributed by atoms with Crippen molar-refractivity contribution in [2.75, 3.05) is 43.5 Å². The molecule has 0 aromatic heterocycles. The maximum absolute atomic E-state index is 12.4. The quantitative estimate of drug-likeness (QED) is 0.606. The van der Waals surface area contributed by atoms with Gasteiger partial charge in [-0.2, -0.15) is 0 Å². The summed E-state index contributed by atoms with van der Waals surface area (Å²) in [6, 6.07) is 14.5. The average Bonchev–Trinajstić information content (AvgIpc) is 3.32. The van der Waals surface area contributed by atoms with Gasteiger partial charge in [-0.3, -0.25) is 9.59 Å². The lowest BCUT2D eigenvalue weighted by atomic mass is 10.1. The predicted octanol–water partition coefficient (Wildman–Crippen LogP) is 3.78. The minimum atomic E-state index is -0.184. The molecule has 1 saturated heterocycles. The second kappa shape index (κ2) is 11.4. The van der Waals surface area contributed by atoms with Gasteiger partial charge in [0.1, 0.15) is 12.4 Å². The number of carbonyl (C=O) groups is 2. The highest BCUT2D eigenvalue weighted by Crippen LogP contribution is 2.25. The Labute approximate surface area is 183 Å². The maximum atomic E-state index is 12.4. The fraction of sp³-hybridized carbons (Fsp3) is 0.417. The second-order valence-corrected chi connectivity index (χ2v) is 7.40. The number of carbonyl (C=O) groups excluding carboxylic acids is 2. The zero-order valence-electron chi connectivity index (χ0n) is 18.2. The SMILES string of the molecule is CCN(CC)C(=O)c1ccc(NC(=O)CNc2ccccc2OCC2CCCO2)cc1. The first-order valence-electron chi connectivity index (χ1n) is 10.9. The molecule has 166 valence electrons. The fourth-order valence-corrected chi connectivity index (χ4v) is 3.47. The van der Waals surface area contributed by atoms with Crippen molar-refractivity contribution in [2.24, 2.45) is 0 Å². The number of para-hydroxylation sites is 2. The van der Waals surface area contributed by atoms with Gasteiger partial charge < -0.3 is 25.0 Å². The van der Waals surface area contributed by atoms with E-state index in [9.17, 15) is 9.59 Å². The molecule has 2 aromatic rings. The smallest absolute Gasteiger partial charge is 0.253 e. The molecule has 7 nitrogen and oxygen atoms in total.